The van der Waals surface area contributed by atoms with Crippen LogP contribution in [0, 0.1) is 5.82 Å². The van der Waals surface area contributed by atoms with Gasteiger partial charge < -0.3 is 10.8 Å². The van der Waals surface area contributed by atoms with Crippen LogP contribution >= 0.6 is 11.6 Å². The van der Waals surface area contributed by atoms with Crippen molar-refractivity contribution in [1.82, 2.24) is 0 Å². The molecule has 0 saturated heterocycles. The van der Waals surface area contributed by atoms with Crippen molar-refractivity contribution in [2.45, 2.75) is 12.8 Å². The molecule has 0 heterocycles. The number of halogens is 2. The number of hydrogen-bond donors (Lipinski definition) is 2. The molecule has 0 aromatic heterocycles. The fourth-order valence-corrected chi connectivity index (χ4v) is 1.33. The molecule has 0 aliphatic carbocycles. The van der Waals surface area contributed by atoms with Crippen molar-refractivity contribution in [3.05, 3.63) is 28.5 Å². The topological polar surface area (TPSA) is 46.2 Å². The Morgan fingerprint density at radius 2 is 2.15 bits per heavy atom. The quantitative estimate of drug-likeness (QED) is 0.790. The summed E-state index contributed by atoms with van der Waals surface area (Å²) in [6.07, 6.45) is 1.24. The molecule has 72 valence electrons. The summed E-state index contributed by atoms with van der Waals surface area (Å²) in [4.78, 5) is 0. The lowest BCUT2D eigenvalue weighted by Crippen LogP contribution is -2.00. The van der Waals surface area contributed by atoms with Crippen LogP contribution in [0.2, 0.25) is 5.02 Å². The summed E-state index contributed by atoms with van der Waals surface area (Å²) in [5.41, 5.74) is 5.80. The third kappa shape index (κ3) is 2.57. The van der Waals surface area contributed by atoms with Crippen LogP contribution in [0.4, 0.5) is 4.39 Å². The molecule has 13 heavy (non-hydrogen) atoms. The van der Waals surface area contributed by atoms with E-state index in [1.807, 2.05) is 0 Å². The highest BCUT2D eigenvalue weighted by Gasteiger charge is 2.08. The summed E-state index contributed by atoms with van der Waals surface area (Å²) in [6.45, 7) is 0.508. The standard InChI is InChI=1S/C9H11ClFNO/c10-7-4-6(2-1-3-12)9(13)8(11)5-7/h4-5,13H,1-3,12H2. The molecule has 0 radical (unpaired) electrons. The van der Waals surface area contributed by atoms with Gasteiger partial charge in [-0.25, -0.2) is 4.39 Å². The molecule has 2 nitrogen and oxygen atoms in total. The van der Waals surface area contributed by atoms with Gasteiger partial charge in [-0.3, -0.25) is 0 Å². The number of phenols is 1. The third-order valence-electron chi connectivity index (χ3n) is 1.76. The lowest BCUT2D eigenvalue weighted by atomic mass is 10.1. The number of nitrogens with two attached hydrogens (primary N) is 1. The van der Waals surface area contributed by atoms with Gasteiger partial charge in [0.15, 0.2) is 11.6 Å². The molecule has 0 fully saturated rings. The zero-order valence-corrected chi connectivity index (χ0v) is 7.81. The van der Waals surface area contributed by atoms with Crippen molar-refractivity contribution in [3.63, 3.8) is 0 Å². The van der Waals surface area contributed by atoms with E-state index in [-0.39, 0.29) is 5.75 Å². The van der Waals surface area contributed by atoms with Crippen molar-refractivity contribution in [1.29, 1.82) is 0 Å². The van der Waals surface area contributed by atoms with E-state index < -0.39 is 5.82 Å². The van der Waals surface area contributed by atoms with Crippen molar-refractivity contribution >= 4 is 11.6 Å². The molecule has 0 spiro atoms. The molecule has 0 unspecified atom stereocenters. The average molecular weight is 204 g/mol. The minimum atomic E-state index is -0.681. The van der Waals surface area contributed by atoms with Gasteiger partial charge in [0.2, 0.25) is 0 Å². The Bertz CT molecular complexity index is 304. The second-order valence-electron chi connectivity index (χ2n) is 2.79. The molecular formula is C9H11ClFNO. The van der Waals surface area contributed by atoms with Crippen LogP contribution in [0.1, 0.15) is 12.0 Å². The molecule has 3 N–H and O–H groups in total. The Morgan fingerprint density at radius 1 is 1.46 bits per heavy atom. The van der Waals surface area contributed by atoms with E-state index in [1.54, 1.807) is 6.07 Å². The number of phenolic OH excluding ortho intramolecular Hbond substituents is 1. The van der Waals surface area contributed by atoms with Gasteiger partial charge in [-0.05, 0) is 37.1 Å². The van der Waals surface area contributed by atoms with Crippen LogP contribution in [-0.2, 0) is 6.42 Å². The largest absolute Gasteiger partial charge is 0.505 e. The molecule has 0 bridgehead atoms. The van der Waals surface area contributed by atoms with E-state index in [9.17, 15) is 9.50 Å². The van der Waals surface area contributed by atoms with Gasteiger partial charge in [0.25, 0.3) is 0 Å². The molecule has 0 aliphatic rings. The number of rotatable bonds is 3. The Hall–Kier alpha value is -0.800. The zero-order valence-electron chi connectivity index (χ0n) is 7.06. The molecule has 1 aromatic carbocycles. The predicted molar refractivity (Wildman–Crippen MR) is 50.5 cm³/mol. The van der Waals surface area contributed by atoms with Gasteiger partial charge >= 0.3 is 0 Å². The SMILES string of the molecule is NCCCc1cc(Cl)cc(F)c1O. The average Bonchev–Trinajstić information content (AvgIpc) is 2.09. The first-order chi connectivity index (χ1) is 6.15. The minimum absolute atomic E-state index is 0.294. The maximum atomic E-state index is 12.9. The monoisotopic (exact) mass is 203 g/mol. The summed E-state index contributed by atoms with van der Waals surface area (Å²) in [7, 11) is 0. The van der Waals surface area contributed by atoms with Crippen LogP contribution < -0.4 is 5.73 Å². The molecule has 0 atom stereocenters. The third-order valence-corrected chi connectivity index (χ3v) is 1.98. The highest BCUT2D eigenvalue weighted by atomic mass is 35.5. The van der Waals surface area contributed by atoms with Gasteiger partial charge in [-0.2, -0.15) is 0 Å². The van der Waals surface area contributed by atoms with E-state index >= 15 is 0 Å². The van der Waals surface area contributed by atoms with Gasteiger partial charge in [0.1, 0.15) is 0 Å². The molecule has 0 saturated carbocycles. The Labute approximate surface area is 81.1 Å². The summed E-state index contributed by atoms with van der Waals surface area (Å²) in [5, 5.41) is 9.57. The number of aromatic hydroxyl groups is 1. The lowest BCUT2D eigenvalue weighted by molar-refractivity contribution is 0.425. The highest BCUT2D eigenvalue weighted by Crippen LogP contribution is 2.26. The Kier molecular flexibility index (Phi) is 3.51. The van der Waals surface area contributed by atoms with E-state index in [4.69, 9.17) is 17.3 Å². The van der Waals surface area contributed by atoms with Crippen LogP contribution in [0.3, 0.4) is 0 Å². The number of hydrogen-bond acceptors (Lipinski definition) is 2. The smallest absolute Gasteiger partial charge is 0.166 e. The fraction of sp³-hybridized carbons (Fsp3) is 0.333. The molecule has 0 amide bonds. The van der Waals surface area contributed by atoms with Crippen molar-refractivity contribution < 1.29 is 9.50 Å². The number of benzene rings is 1. The summed E-state index contributed by atoms with van der Waals surface area (Å²) < 4.78 is 12.9. The number of aryl methyl sites for hydroxylation is 1. The fourth-order valence-electron chi connectivity index (χ4n) is 1.10. The van der Waals surface area contributed by atoms with Gasteiger partial charge in [0.05, 0.1) is 0 Å². The van der Waals surface area contributed by atoms with Crippen molar-refractivity contribution in [2.75, 3.05) is 6.54 Å². The predicted octanol–water partition coefficient (Wildman–Crippen LogP) is 2.08. The van der Waals surface area contributed by atoms with E-state index in [0.717, 1.165) is 6.07 Å². The Morgan fingerprint density at radius 3 is 2.77 bits per heavy atom. The summed E-state index contributed by atoms with van der Waals surface area (Å²) in [5.74, 6) is -1.00. The normalized spacial score (nSPS) is 10.4. The van der Waals surface area contributed by atoms with Gasteiger partial charge in [0, 0.05) is 5.02 Å². The van der Waals surface area contributed by atoms with Crippen molar-refractivity contribution in [2.24, 2.45) is 5.73 Å². The summed E-state index contributed by atoms with van der Waals surface area (Å²) in [6, 6.07) is 2.64. The van der Waals surface area contributed by atoms with Gasteiger partial charge in [-0.15, -0.1) is 0 Å². The molecule has 4 heteroatoms. The molecule has 0 aliphatic heterocycles. The van der Waals surface area contributed by atoms with E-state index in [0.29, 0.717) is 30.0 Å². The van der Waals surface area contributed by atoms with E-state index in [2.05, 4.69) is 0 Å². The highest BCUT2D eigenvalue weighted by molar-refractivity contribution is 6.30. The van der Waals surface area contributed by atoms with Gasteiger partial charge in [-0.1, -0.05) is 11.6 Å². The van der Waals surface area contributed by atoms with Crippen LogP contribution in [0.15, 0.2) is 12.1 Å². The van der Waals surface area contributed by atoms with Crippen LogP contribution in [-0.4, -0.2) is 11.7 Å². The Balaban J connectivity index is 2.92. The zero-order chi connectivity index (χ0) is 9.84. The van der Waals surface area contributed by atoms with E-state index in [1.165, 1.54) is 0 Å². The van der Waals surface area contributed by atoms with Crippen molar-refractivity contribution in [3.8, 4) is 5.75 Å². The van der Waals surface area contributed by atoms with Crippen LogP contribution in [0.25, 0.3) is 0 Å². The summed E-state index contributed by atoms with van der Waals surface area (Å²) >= 11 is 5.62. The minimum Gasteiger partial charge on any atom is -0.505 e. The molecular weight excluding hydrogens is 193 g/mol. The first kappa shape index (κ1) is 10.3. The maximum Gasteiger partial charge on any atom is 0.166 e. The molecule has 1 rings (SSSR count). The van der Waals surface area contributed by atoms with Crippen LogP contribution in [0.5, 0.6) is 5.75 Å². The first-order valence-corrected chi connectivity index (χ1v) is 4.40. The maximum absolute atomic E-state index is 12.9. The lowest BCUT2D eigenvalue weighted by Gasteiger charge is -2.04. The second-order valence-corrected chi connectivity index (χ2v) is 3.22. The first-order valence-electron chi connectivity index (χ1n) is 4.02. The second kappa shape index (κ2) is 4.44. The molecule has 1 aromatic rings.